The fraction of sp³-hybridized carbons (Fsp3) is 0.154. The van der Waals surface area contributed by atoms with Gasteiger partial charge < -0.3 is 9.67 Å². The number of nitrogens with zero attached hydrogens (tertiary/aromatic N) is 1. The SMILES string of the molecule is C=C(Cl)Cc1c(O)ccc2c1ccc(=O)n2C. The lowest BCUT2D eigenvalue weighted by molar-refractivity contribution is 0.470. The van der Waals surface area contributed by atoms with Gasteiger partial charge in [0.2, 0.25) is 0 Å². The van der Waals surface area contributed by atoms with Crippen molar-refractivity contribution in [1.82, 2.24) is 4.57 Å². The van der Waals surface area contributed by atoms with Crippen molar-refractivity contribution in [2.24, 2.45) is 7.05 Å². The molecule has 1 N–H and O–H groups in total. The summed E-state index contributed by atoms with van der Waals surface area (Å²) in [4.78, 5) is 11.5. The van der Waals surface area contributed by atoms with E-state index in [4.69, 9.17) is 11.6 Å². The van der Waals surface area contributed by atoms with Gasteiger partial charge in [0.25, 0.3) is 5.56 Å². The van der Waals surface area contributed by atoms with Crippen LogP contribution in [0.15, 0.2) is 40.7 Å². The number of fused-ring (bicyclic) bond motifs is 1. The van der Waals surface area contributed by atoms with E-state index in [1.165, 1.54) is 10.6 Å². The fourth-order valence-electron chi connectivity index (χ4n) is 1.88. The van der Waals surface area contributed by atoms with Crippen LogP contribution in [-0.4, -0.2) is 9.67 Å². The molecule has 0 saturated carbocycles. The maximum atomic E-state index is 11.5. The quantitative estimate of drug-likeness (QED) is 0.889. The van der Waals surface area contributed by atoms with Gasteiger partial charge >= 0.3 is 0 Å². The Labute approximate surface area is 104 Å². The zero-order chi connectivity index (χ0) is 12.6. The Hall–Kier alpha value is -1.74. The third-order valence-electron chi connectivity index (χ3n) is 2.76. The zero-order valence-corrected chi connectivity index (χ0v) is 10.2. The third kappa shape index (κ3) is 2.06. The number of aromatic nitrogens is 1. The number of hydrogen-bond acceptors (Lipinski definition) is 2. The maximum absolute atomic E-state index is 11.5. The second-order valence-corrected chi connectivity index (χ2v) is 4.46. The summed E-state index contributed by atoms with van der Waals surface area (Å²) in [5.41, 5.74) is 1.38. The van der Waals surface area contributed by atoms with E-state index in [-0.39, 0.29) is 11.3 Å². The molecule has 2 aromatic rings. The van der Waals surface area contributed by atoms with Gasteiger partial charge in [-0.1, -0.05) is 18.2 Å². The monoisotopic (exact) mass is 249 g/mol. The van der Waals surface area contributed by atoms with Crippen molar-refractivity contribution in [2.45, 2.75) is 6.42 Å². The van der Waals surface area contributed by atoms with Crippen molar-refractivity contribution in [3.63, 3.8) is 0 Å². The average Bonchev–Trinajstić information content (AvgIpc) is 2.27. The smallest absolute Gasteiger partial charge is 0.250 e. The van der Waals surface area contributed by atoms with Crippen LogP contribution in [-0.2, 0) is 13.5 Å². The number of aromatic hydroxyl groups is 1. The number of hydrogen-bond donors (Lipinski definition) is 1. The fourth-order valence-corrected chi connectivity index (χ4v) is 2.02. The molecule has 0 spiro atoms. The largest absolute Gasteiger partial charge is 0.508 e. The Morgan fingerprint density at radius 2 is 2.12 bits per heavy atom. The molecule has 1 aromatic heterocycles. The van der Waals surface area contributed by atoms with Crippen LogP contribution in [0, 0.1) is 0 Å². The summed E-state index contributed by atoms with van der Waals surface area (Å²) >= 11 is 5.78. The van der Waals surface area contributed by atoms with Crippen LogP contribution in [0.3, 0.4) is 0 Å². The lowest BCUT2D eigenvalue weighted by Crippen LogP contribution is -2.15. The Kier molecular flexibility index (Phi) is 2.94. The highest BCUT2D eigenvalue weighted by atomic mass is 35.5. The number of benzene rings is 1. The highest BCUT2D eigenvalue weighted by molar-refractivity contribution is 6.29. The first kappa shape index (κ1) is 11.7. The van der Waals surface area contributed by atoms with Gasteiger partial charge in [-0.05, 0) is 18.2 Å². The molecule has 0 atom stereocenters. The third-order valence-corrected chi connectivity index (χ3v) is 2.90. The highest BCUT2D eigenvalue weighted by Gasteiger charge is 2.09. The first-order chi connectivity index (χ1) is 8.00. The Balaban J connectivity index is 2.82. The molecule has 0 bridgehead atoms. The lowest BCUT2D eigenvalue weighted by atomic mass is 10.0. The minimum absolute atomic E-state index is 0.0844. The molecule has 1 aromatic carbocycles. The van der Waals surface area contributed by atoms with Crippen molar-refractivity contribution in [3.8, 4) is 5.75 Å². The van der Waals surface area contributed by atoms with E-state index in [1.807, 2.05) is 0 Å². The first-order valence-electron chi connectivity index (χ1n) is 5.14. The van der Waals surface area contributed by atoms with Gasteiger partial charge in [0.05, 0.1) is 5.52 Å². The van der Waals surface area contributed by atoms with Crippen molar-refractivity contribution in [2.75, 3.05) is 0 Å². The summed E-state index contributed by atoms with van der Waals surface area (Å²) in [6, 6.07) is 6.46. The van der Waals surface area contributed by atoms with Gasteiger partial charge in [0.1, 0.15) is 5.75 Å². The molecule has 17 heavy (non-hydrogen) atoms. The van der Waals surface area contributed by atoms with Crippen molar-refractivity contribution < 1.29 is 5.11 Å². The molecule has 3 nitrogen and oxygen atoms in total. The van der Waals surface area contributed by atoms with E-state index < -0.39 is 0 Å². The van der Waals surface area contributed by atoms with Gasteiger partial charge in [-0.2, -0.15) is 0 Å². The summed E-state index contributed by atoms with van der Waals surface area (Å²) in [5.74, 6) is 0.165. The van der Waals surface area contributed by atoms with Gasteiger partial charge in [0.15, 0.2) is 0 Å². The summed E-state index contributed by atoms with van der Waals surface area (Å²) in [7, 11) is 1.70. The number of halogens is 1. The second kappa shape index (κ2) is 4.26. The van der Waals surface area contributed by atoms with Crippen LogP contribution in [0.1, 0.15) is 5.56 Å². The van der Waals surface area contributed by atoms with E-state index in [9.17, 15) is 9.90 Å². The van der Waals surface area contributed by atoms with E-state index in [2.05, 4.69) is 6.58 Å². The molecule has 0 unspecified atom stereocenters. The molecule has 0 aliphatic rings. The highest BCUT2D eigenvalue weighted by Crippen LogP contribution is 2.28. The zero-order valence-electron chi connectivity index (χ0n) is 9.40. The molecular formula is C13H12ClNO2. The lowest BCUT2D eigenvalue weighted by Gasteiger charge is -2.10. The van der Waals surface area contributed by atoms with Crippen LogP contribution in [0.4, 0.5) is 0 Å². The van der Waals surface area contributed by atoms with E-state index in [0.29, 0.717) is 17.0 Å². The number of aryl methyl sites for hydroxylation is 1. The number of pyridine rings is 1. The van der Waals surface area contributed by atoms with Crippen LogP contribution < -0.4 is 5.56 Å². The molecule has 2 rings (SSSR count). The Morgan fingerprint density at radius 1 is 1.41 bits per heavy atom. The standard InChI is InChI=1S/C13H12ClNO2/c1-8(14)7-10-9-3-6-13(17)15(2)11(9)4-5-12(10)16/h3-6,16H,1,7H2,2H3. The molecule has 0 aliphatic carbocycles. The normalized spacial score (nSPS) is 10.7. The Bertz CT molecular complexity index is 658. The van der Waals surface area contributed by atoms with Crippen molar-refractivity contribution >= 4 is 22.5 Å². The molecular weight excluding hydrogens is 238 g/mol. The van der Waals surface area contributed by atoms with Crippen molar-refractivity contribution in [3.05, 3.63) is 51.8 Å². The number of rotatable bonds is 2. The molecule has 0 aliphatic heterocycles. The minimum Gasteiger partial charge on any atom is -0.508 e. The van der Waals surface area contributed by atoms with Crippen LogP contribution in [0.5, 0.6) is 5.75 Å². The second-order valence-electron chi connectivity index (χ2n) is 3.92. The van der Waals surface area contributed by atoms with E-state index >= 15 is 0 Å². The molecule has 88 valence electrons. The van der Waals surface area contributed by atoms with Gasteiger partial charge in [-0.25, -0.2) is 0 Å². The Morgan fingerprint density at radius 3 is 2.76 bits per heavy atom. The number of phenolic OH excluding ortho intramolecular Hbond substituents is 1. The van der Waals surface area contributed by atoms with E-state index in [1.54, 1.807) is 25.2 Å². The topological polar surface area (TPSA) is 42.2 Å². The molecule has 1 heterocycles. The summed E-state index contributed by atoms with van der Waals surface area (Å²) in [6.07, 6.45) is 0.378. The molecule has 0 fully saturated rings. The number of phenols is 1. The summed E-state index contributed by atoms with van der Waals surface area (Å²) in [5, 5.41) is 11.1. The number of allylic oxidation sites excluding steroid dienone is 1. The summed E-state index contributed by atoms with van der Waals surface area (Å²) in [6.45, 7) is 3.62. The van der Waals surface area contributed by atoms with Crippen LogP contribution in [0.25, 0.3) is 10.9 Å². The van der Waals surface area contributed by atoms with Gasteiger partial charge in [-0.3, -0.25) is 4.79 Å². The minimum atomic E-state index is -0.0844. The van der Waals surface area contributed by atoms with Crippen LogP contribution >= 0.6 is 11.6 Å². The molecule has 0 saturated heterocycles. The van der Waals surface area contributed by atoms with Gasteiger partial charge in [-0.15, -0.1) is 0 Å². The summed E-state index contributed by atoms with van der Waals surface area (Å²) < 4.78 is 1.54. The van der Waals surface area contributed by atoms with E-state index in [0.717, 1.165) is 10.9 Å². The molecule has 0 radical (unpaired) electrons. The first-order valence-corrected chi connectivity index (χ1v) is 5.52. The van der Waals surface area contributed by atoms with Crippen molar-refractivity contribution in [1.29, 1.82) is 0 Å². The molecule has 0 amide bonds. The molecule has 4 heteroatoms. The maximum Gasteiger partial charge on any atom is 0.250 e. The predicted molar refractivity (Wildman–Crippen MR) is 69.6 cm³/mol. The predicted octanol–water partition coefficient (Wildman–Crippen LogP) is 2.54. The average molecular weight is 250 g/mol. The van der Waals surface area contributed by atoms with Crippen LogP contribution in [0.2, 0.25) is 0 Å². The van der Waals surface area contributed by atoms with Gasteiger partial charge in [0, 0.05) is 35.5 Å².